The quantitative estimate of drug-likeness (QED) is 0.595. The second kappa shape index (κ2) is 5.32. The molecule has 0 spiro atoms. The van der Waals surface area contributed by atoms with Gasteiger partial charge in [-0.3, -0.25) is 4.79 Å². The molecule has 0 aromatic heterocycles. The van der Waals surface area contributed by atoms with E-state index in [9.17, 15) is 9.90 Å². The molecule has 1 rings (SSSR count). The van der Waals surface area contributed by atoms with Crippen molar-refractivity contribution in [2.45, 2.75) is 38.8 Å². The average molecular weight is 200 g/mol. The van der Waals surface area contributed by atoms with Gasteiger partial charge in [-0.05, 0) is 32.2 Å². The van der Waals surface area contributed by atoms with Crippen LogP contribution in [0, 0.1) is 5.92 Å². The molecular weight excluding hydrogens is 180 g/mol. The number of piperidine rings is 1. The Morgan fingerprint density at radius 1 is 1.71 bits per heavy atom. The summed E-state index contributed by atoms with van der Waals surface area (Å²) in [7, 11) is 0. The number of rotatable bonds is 3. The lowest BCUT2D eigenvalue weighted by Gasteiger charge is -2.31. The third-order valence-electron chi connectivity index (χ3n) is 2.82. The molecule has 1 saturated heterocycles. The van der Waals surface area contributed by atoms with E-state index in [4.69, 9.17) is 0 Å². The number of aliphatic hydroxyl groups is 1. The lowest BCUT2D eigenvalue weighted by atomic mass is 9.88. The predicted octanol–water partition coefficient (Wildman–Crippen LogP) is -0.128. The van der Waals surface area contributed by atoms with Gasteiger partial charge in [0.1, 0.15) is 0 Å². The van der Waals surface area contributed by atoms with Gasteiger partial charge in [0.05, 0.1) is 6.10 Å². The third-order valence-corrected chi connectivity index (χ3v) is 2.82. The van der Waals surface area contributed by atoms with E-state index in [-0.39, 0.29) is 12.0 Å². The van der Waals surface area contributed by atoms with E-state index in [0.717, 1.165) is 19.4 Å². The van der Waals surface area contributed by atoms with Crippen molar-refractivity contribution in [3.63, 3.8) is 0 Å². The van der Waals surface area contributed by atoms with E-state index >= 15 is 0 Å². The molecule has 4 heteroatoms. The zero-order chi connectivity index (χ0) is 10.6. The molecule has 0 aromatic rings. The molecule has 1 fully saturated rings. The average Bonchev–Trinajstić information content (AvgIpc) is 2.15. The highest BCUT2D eigenvalue weighted by Crippen LogP contribution is 2.19. The number of amides is 1. The van der Waals surface area contributed by atoms with Crippen molar-refractivity contribution >= 4 is 5.91 Å². The largest absolute Gasteiger partial charge is 0.393 e. The Balaban J connectivity index is 2.29. The third kappa shape index (κ3) is 3.64. The second-order valence-electron chi connectivity index (χ2n) is 4.11. The minimum Gasteiger partial charge on any atom is -0.393 e. The van der Waals surface area contributed by atoms with Gasteiger partial charge in [0.15, 0.2) is 0 Å². The van der Waals surface area contributed by atoms with Crippen LogP contribution in [-0.2, 0) is 4.79 Å². The maximum atomic E-state index is 10.7. The van der Waals surface area contributed by atoms with Crippen LogP contribution in [0.5, 0.6) is 0 Å². The van der Waals surface area contributed by atoms with Crippen LogP contribution >= 0.6 is 0 Å². The molecule has 3 atom stereocenters. The number of carbonyl (C=O) groups is 1. The molecule has 0 aliphatic carbocycles. The van der Waals surface area contributed by atoms with E-state index in [1.54, 1.807) is 0 Å². The highest BCUT2D eigenvalue weighted by molar-refractivity contribution is 5.72. The van der Waals surface area contributed by atoms with Crippen molar-refractivity contribution in [3.05, 3.63) is 0 Å². The van der Waals surface area contributed by atoms with Crippen LogP contribution in [0.1, 0.15) is 26.7 Å². The van der Waals surface area contributed by atoms with E-state index in [1.807, 2.05) is 6.92 Å². The van der Waals surface area contributed by atoms with Gasteiger partial charge < -0.3 is 15.7 Å². The maximum Gasteiger partial charge on any atom is 0.216 e. The summed E-state index contributed by atoms with van der Waals surface area (Å²) >= 11 is 0. The van der Waals surface area contributed by atoms with Gasteiger partial charge in [0.25, 0.3) is 0 Å². The normalized spacial score (nSPS) is 29.6. The zero-order valence-electron chi connectivity index (χ0n) is 8.92. The summed E-state index contributed by atoms with van der Waals surface area (Å²) < 4.78 is 0. The molecule has 0 bridgehead atoms. The molecule has 1 amide bonds. The Kier molecular flexibility index (Phi) is 4.35. The van der Waals surface area contributed by atoms with Gasteiger partial charge in [-0.1, -0.05) is 0 Å². The molecular formula is C10H20N2O2. The summed E-state index contributed by atoms with van der Waals surface area (Å²) in [6, 6.07) is 0.312. The maximum absolute atomic E-state index is 10.7. The summed E-state index contributed by atoms with van der Waals surface area (Å²) in [5.41, 5.74) is 0. The van der Waals surface area contributed by atoms with Gasteiger partial charge in [-0.2, -0.15) is 0 Å². The van der Waals surface area contributed by atoms with Crippen molar-refractivity contribution in [2.75, 3.05) is 13.1 Å². The van der Waals surface area contributed by atoms with Gasteiger partial charge in [0.2, 0.25) is 5.91 Å². The predicted molar refractivity (Wildman–Crippen MR) is 54.9 cm³/mol. The van der Waals surface area contributed by atoms with Gasteiger partial charge in [0, 0.05) is 19.5 Å². The van der Waals surface area contributed by atoms with Gasteiger partial charge in [-0.25, -0.2) is 0 Å². The van der Waals surface area contributed by atoms with Crippen molar-refractivity contribution in [2.24, 2.45) is 5.92 Å². The first-order valence-electron chi connectivity index (χ1n) is 5.25. The number of hydrogen-bond acceptors (Lipinski definition) is 3. The van der Waals surface area contributed by atoms with Gasteiger partial charge >= 0.3 is 0 Å². The molecule has 0 radical (unpaired) electrons. The number of carbonyl (C=O) groups excluding carboxylic acids is 1. The molecule has 14 heavy (non-hydrogen) atoms. The number of hydrogen-bond donors (Lipinski definition) is 3. The van der Waals surface area contributed by atoms with Crippen molar-refractivity contribution in [1.29, 1.82) is 0 Å². The highest BCUT2D eigenvalue weighted by Gasteiger charge is 2.24. The molecule has 0 aromatic carbocycles. The number of nitrogens with one attached hydrogen (secondary N) is 2. The Morgan fingerprint density at radius 2 is 2.43 bits per heavy atom. The SMILES string of the molecule is CC(=O)NCC1CC(C(C)O)CCN1. The molecule has 4 nitrogen and oxygen atoms in total. The summed E-state index contributed by atoms with van der Waals surface area (Å²) in [5, 5.41) is 15.6. The van der Waals surface area contributed by atoms with Crippen LogP contribution in [0.2, 0.25) is 0 Å². The van der Waals surface area contributed by atoms with Crippen LogP contribution in [0.4, 0.5) is 0 Å². The summed E-state index contributed by atoms with van der Waals surface area (Å²) in [6.07, 6.45) is 1.73. The fourth-order valence-corrected chi connectivity index (χ4v) is 1.90. The topological polar surface area (TPSA) is 61.4 Å². The van der Waals surface area contributed by atoms with Crippen LogP contribution in [-0.4, -0.2) is 36.2 Å². The summed E-state index contributed by atoms with van der Waals surface area (Å²) in [4.78, 5) is 10.7. The molecule has 0 saturated carbocycles. The second-order valence-corrected chi connectivity index (χ2v) is 4.11. The van der Waals surface area contributed by atoms with E-state index in [1.165, 1.54) is 6.92 Å². The molecule has 1 aliphatic rings. The van der Waals surface area contributed by atoms with E-state index in [2.05, 4.69) is 10.6 Å². The molecule has 1 heterocycles. The first kappa shape index (κ1) is 11.5. The van der Waals surface area contributed by atoms with Crippen molar-refractivity contribution < 1.29 is 9.90 Å². The van der Waals surface area contributed by atoms with Crippen LogP contribution in [0.15, 0.2) is 0 Å². The smallest absolute Gasteiger partial charge is 0.216 e. The number of aliphatic hydroxyl groups excluding tert-OH is 1. The zero-order valence-corrected chi connectivity index (χ0v) is 8.92. The van der Waals surface area contributed by atoms with Crippen molar-refractivity contribution in [3.8, 4) is 0 Å². The summed E-state index contributed by atoms with van der Waals surface area (Å²) in [6.45, 7) is 4.96. The monoisotopic (exact) mass is 200 g/mol. The molecule has 3 unspecified atom stereocenters. The first-order chi connectivity index (χ1) is 6.59. The Labute approximate surface area is 85.1 Å². The standard InChI is InChI=1S/C10H20N2O2/c1-7(13)9-3-4-11-10(5-9)6-12-8(2)14/h7,9-11,13H,3-6H2,1-2H3,(H,12,14). The fourth-order valence-electron chi connectivity index (χ4n) is 1.90. The van der Waals surface area contributed by atoms with Crippen LogP contribution < -0.4 is 10.6 Å². The lowest BCUT2D eigenvalue weighted by molar-refractivity contribution is -0.119. The van der Waals surface area contributed by atoms with Crippen LogP contribution in [0.3, 0.4) is 0 Å². The van der Waals surface area contributed by atoms with Gasteiger partial charge in [-0.15, -0.1) is 0 Å². The Bertz CT molecular complexity index is 195. The summed E-state index contributed by atoms with van der Waals surface area (Å²) in [5.74, 6) is 0.376. The Hall–Kier alpha value is -0.610. The first-order valence-corrected chi connectivity index (χ1v) is 5.25. The Morgan fingerprint density at radius 3 is 3.00 bits per heavy atom. The minimum absolute atomic E-state index is 0.00553. The highest BCUT2D eigenvalue weighted by atomic mass is 16.3. The fraction of sp³-hybridized carbons (Fsp3) is 0.900. The molecule has 82 valence electrons. The minimum atomic E-state index is -0.239. The molecule has 1 aliphatic heterocycles. The molecule has 3 N–H and O–H groups in total. The van der Waals surface area contributed by atoms with E-state index in [0.29, 0.717) is 18.5 Å². The van der Waals surface area contributed by atoms with Crippen molar-refractivity contribution in [1.82, 2.24) is 10.6 Å². The van der Waals surface area contributed by atoms with Crippen LogP contribution in [0.25, 0.3) is 0 Å². The lowest BCUT2D eigenvalue weighted by Crippen LogP contribution is -2.47. The van der Waals surface area contributed by atoms with E-state index < -0.39 is 0 Å².